The molecule has 0 spiro atoms. The first-order valence-corrected chi connectivity index (χ1v) is 10.1. The van der Waals surface area contributed by atoms with E-state index < -0.39 is 0 Å². The Morgan fingerprint density at radius 3 is 2.56 bits per heavy atom. The van der Waals surface area contributed by atoms with Crippen LogP contribution < -0.4 is 5.32 Å². The molecule has 3 rings (SSSR count). The second-order valence-electron chi connectivity index (χ2n) is 6.62. The Morgan fingerprint density at radius 2 is 1.84 bits per heavy atom. The van der Waals surface area contributed by atoms with E-state index in [-0.39, 0.29) is 5.91 Å². The van der Waals surface area contributed by atoms with Gasteiger partial charge in [-0.05, 0) is 67.9 Å². The van der Waals surface area contributed by atoms with Crippen LogP contribution in [-0.4, -0.2) is 30.2 Å². The molecule has 1 saturated heterocycles. The van der Waals surface area contributed by atoms with Gasteiger partial charge in [-0.1, -0.05) is 30.3 Å². The van der Waals surface area contributed by atoms with Crippen LogP contribution in [0.5, 0.6) is 0 Å². The van der Waals surface area contributed by atoms with E-state index in [1.54, 1.807) is 11.8 Å². The highest BCUT2D eigenvalue weighted by Crippen LogP contribution is 2.20. The standard InChI is InChI=1S/C21H26N2OS/c1-16-9-10-19(25-2)13-20(16)21(24)22-14-17-7-3-4-8-18(17)15-23-11-5-6-12-23/h3-4,7-10,13H,5-6,11-12,14-15H2,1-2H3,(H,22,24). The predicted molar refractivity (Wildman–Crippen MR) is 105 cm³/mol. The van der Waals surface area contributed by atoms with Crippen molar-refractivity contribution in [2.24, 2.45) is 0 Å². The fourth-order valence-electron chi connectivity index (χ4n) is 3.31. The van der Waals surface area contributed by atoms with Gasteiger partial charge < -0.3 is 5.32 Å². The summed E-state index contributed by atoms with van der Waals surface area (Å²) in [6.07, 6.45) is 4.62. The Labute approximate surface area is 154 Å². The highest BCUT2D eigenvalue weighted by molar-refractivity contribution is 7.98. The van der Waals surface area contributed by atoms with E-state index >= 15 is 0 Å². The van der Waals surface area contributed by atoms with Gasteiger partial charge in [-0.25, -0.2) is 0 Å². The molecule has 2 aromatic carbocycles. The van der Waals surface area contributed by atoms with Gasteiger partial charge in [0.1, 0.15) is 0 Å². The molecule has 1 aliphatic rings. The van der Waals surface area contributed by atoms with Crippen molar-refractivity contribution in [1.82, 2.24) is 10.2 Å². The van der Waals surface area contributed by atoms with Crippen LogP contribution in [0.25, 0.3) is 0 Å². The van der Waals surface area contributed by atoms with E-state index in [0.29, 0.717) is 6.54 Å². The molecule has 1 N–H and O–H groups in total. The normalized spacial score (nSPS) is 14.6. The van der Waals surface area contributed by atoms with Gasteiger partial charge in [0, 0.05) is 23.5 Å². The summed E-state index contributed by atoms with van der Waals surface area (Å²) in [7, 11) is 0. The second-order valence-corrected chi connectivity index (χ2v) is 7.50. The van der Waals surface area contributed by atoms with Crippen molar-refractivity contribution in [3.63, 3.8) is 0 Å². The number of hydrogen-bond acceptors (Lipinski definition) is 3. The number of carbonyl (C=O) groups excluding carboxylic acids is 1. The Bertz CT molecular complexity index is 738. The monoisotopic (exact) mass is 354 g/mol. The summed E-state index contributed by atoms with van der Waals surface area (Å²) in [4.78, 5) is 16.2. The van der Waals surface area contributed by atoms with Gasteiger partial charge in [0.2, 0.25) is 0 Å². The zero-order valence-corrected chi connectivity index (χ0v) is 15.9. The van der Waals surface area contributed by atoms with Crippen LogP contribution in [0, 0.1) is 6.92 Å². The molecule has 25 heavy (non-hydrogen) atoms. The third-order valence-electron chi connectivity index (χ3n) is 4.84. The molecule has 0 unspecified atom stereocenters. The van der Waals surface area contributed by atoms with Crippen LogP contribution in [0.1, 0.15) is 39.9 Å². The predicted octanol–water partition coefficient (Wildman–Crippen LogP) is 4.24. The van der Waals surface area contributed by atoms with E-state index in [1.807, 2.05) is 25.3 Å². The molecule has 4 heteroatoms. The molecule has 0 aromatic heterocycles. The smallest absolute Gasteiger partial charge is 0.251 e. The van der Waals surface area contributed by atoms with Gasteiger partial charge in [0.15, 0.2) is 0 Å². The van der Waals surface area contributed by atoms with Gasteiger partial charge in [-0.3, -0.25) is 9.69 Å². The average Bonchev–Trinajstić information content (AvgIpc) is 3.14. The molecule has 1 aliphatic heterocycles. The quantitative estimate of drug-likeness (QED) is 0.788. The molecule has 1 amide bonds. The maximum Gasteiger partial charge on any atom is 0.251 e. The summed E-state index contributed by atoms with van der Waals surface area (Å²) in [5.74, 6) is 0.00405. The molecule has 0 saturated carbocycles. The number of amides is 1. The van der Waals surface area contributed by atoms with Crippen LogP contribution in [0.4, 0.5) is 0 Å². The number of thioether (sulfide) groups is 1. The summed E-state index contributed by atoms with van der Waals surface area (Å²) in [6, 6.07) is 14.5. The molecule has 0 bridgehead atoms. The van der Waals surface area contributed by atoms with Crippen molar-refractivity contribution >= 4 is 17.7 Å². The Hall–Kier alpha value is -1.78. The summed E-state index contributed by atoms with van der Waals surface area (Å²) >= 11 is 1.66. The number of rotatable bonds is 6. The van der Waals surface area contributed by atoms with E-state index in [9.17, 15) is 4.79 Å². The lowest BCUT2D eigenvalue weighted by atomic mass is 10.1. The Balaban J connectivity index is 1.68. The molecule has 0 radical (unpaired) electrons. The Morgan fingerprint density at radius 1 is 1.12 bits per heavy atom. The molecular formula is C21H26N2OS. The number of nitrogens with zero attached hydrogens (tertiary/aromatic N) is 1. The van der Waals surface area contributed by atoms with Crippen LogP contribution in [-0.2, 0) is 13.1 Å². The lowest BCUT2D eigenvalue weighted by Gasteiger charge is -2.18. The number of likely N-dealkylation sites (tertiary alicyclic amines) is 1. The number of aryl methyl sites for hydroxylation is 1. The van der Waals surface area contributed by atoms with Crippen molar-refractivity contribution in [3.8, 4) is 0 Å². The molecule has 1 heterocycles. The number of benzene rings is 2. The zero-order chi connectivity index (χ0) is 17.6. The second kappa shape index (κ2) is 8.54. The molecule has 1 fully saturated rings. The van der Waals surface area contributed by atoms with Crippen molar-refractivity contribution in [2.45, 2.75) is 37.8 Å². The van der Waals surface area contributed by atoms with Gasteiger partial charge in [-0.15, -0.1) is 11.8 Å². The van der Waals surface area contributed by atoms with E-state index in [2.05, 4.69) is 40.5 Å². The topological polar surface area (TPSA) is 32.3 Å². The Kier molecular flexibility index (Phi) is 6.16. The van der Waals surface area contributed by atoms with Gasteiger partial charge in [-0.2, -0.15) is 0 Å². The van der Waals surface area contributed by atoms with Gasteiger partial charge in [0.05, 0.1) is 0 Å². The van der Waals surface area contributed by atoms with Crippen molar-refractivity contribution in [2.75, 3.05) is 19.3 Å². The molecular weight excluding hydrogens is 328 g/mol. The molecule has 132 valence electrons. The first-order chi connectivity index (χ1) is 12.2. The van der Waals surface area contributed by atoms with Crippen LogP contribution in [0.3, 0.4) is 0 Å². The maximum atomic E-state index is 12.6. The van der Waals surface area contributed by atoms with Crippen LogP contribution in [0.2, 0.25) is 0 Å². The zero-order valence-electron chi connectivity index (χ0n) is 15.0. The van der Waals surface area contributed by atoms with Crippen molar-refractivity contribution in [3.05, 3.63) is 64.7 Å². The third-order valence-corrected chi connectivity index (χ3v) is 5.57. The molecule has 2 aromatic rings. The largest absolute Gasteiger partial charge is 0.348 e. The van der Waals surface area contributed by atoms with Crippen molar-refractivity contribution < 1.29 is 4.79 Å². The van der Waals surface area contributed by atoms with E-state index in [4.69, 9.17) is 0 Å². The first kappa shape index (κ1) is 18.0. The summed E-state index contributed by atoms with van der Waals surface area (Å²) < 4.78 is 0. The molecule has 0 atom stereocenters. The van der Waals surface area contributed by atoms with Crippen LogP contribution in [0.15, 0.2) is 47.4 Å². The van der Waals surface area contributed by atoms with Gasteiger partial charge in [0.25, 0.3) is 5.91 Å². The number of carbonyl (C=O) groups is 1. The minimum atomic E-state index is 0.00405. The van der Waals surface area contributed by atoms with E-state index in [1.165, 1.54) is 37.1 Å². The number of hydrogen-bond donors (Lipinski definition) is 1. The summed E-state index contributed by atoms with van der Waals surface area (Å²) in [5.41, 5.74) is 4.31. The number of nitrogens with one attached hydrogen (secondary N) is 1. The molecule has 0 aliphatic carbocycles. The maximum absolute atomic E-state index is 12.6. The lowest BCUT2D eigenvalue weighted by Crippen LogP contribution is -2.25. The third kappa shape index (κ3) is 4.65. The minimum absolute atomic E-state index is 0.00405. The minimum Gasteiger partial charge on any atom is -0.348 e. The lowest BCUT2D eigenvalue weighted by molar-refractivity contribution is 0.0950. The summed E-state index contributed by atoms with van der Waals surface area (Å²) in [6.45, 7) is 5.90. The first-order valence-electron chi connectivity index (χ1n) is 8.89. The SMILES string of the molecule is CSc1ccc(C)c(C(=O)NCc2ccccc2CN2CCCC2)c1. The highest BCUT2D eigenvalue weighted by Gasteiger charge is 2.14. The fraction of sp³-hybridized carbons (Fsp3) is 0.381. The molecule has 3 nitrogen and oxygen atoms in total. The van der Waals surface area contributed by atoms with Gasteiger partial charge >= 0.3 is 0 Å². The summed E-state index contributed by atoms with van der Waals surface area (Å²) in [5, 5.41) is 3.11. The van der Waals surface area contributed by atoms with Crippen molar-refractivity contribution in [1.29, 1.82) is 0 Å². The fourth-order valence-corrected chi connectivity index (χ4v) is 3.75. The average molecular weight is 355 g/mol. The van der Waals surface area contributed by atoms with Crippen LogP contribution >= 0.6 is 11.8 Å². The van der Waals surface area contributed by atoms with E-state index in [0.717, 1.165) is 22.6 Å². The highest BCUT2D eigenvalue weighted by atomic mass is 32.2.